The predicted octanol–water partition coefficient (Wildman–Crippen LogP) is 4.02. The van der Waals surface area contributed by atoms with Crippen molar-refractivity contribution in [2.75, 3.05) is 25.4 Å². The minimum absolute atomic E-state index is 0.179. The summed E-state index contributed by atoms with van der Waals surface area (Å²) in [6, 6.07) is 17.6. The molecule has 0 bridgehead atoms. The zero-order valence-electron chi connectivity index (χ0n) is 19.1. The molecular weight excluding hydrogens is 428 g/mol. The number of fused-ring (bicyclic) bond motifs is 1. The highest BCUT2D eigenvalue weighted by Gasteiger charge is 2.28. The number of nitrogens with one attached hydrogen (secondary N) is 1. The Hall–Kier alpha value is -3.49. The van der Waals surface area contributed by atoms with E-state index in [1.54, 1.807) is 0 Å². The van der Waals surface area contributed by atoms with Gasteiger partial charge in [-0.05, 0) is 74.5 Å². The number of nitrogens with two attached hydrogens (primary N) is 1. The molecule has 0 unspecified atom stereocenters. The quantitative estimate of drug-likeness (QED) is 0.342. The van der Waals surface area contributed by atoms with Crippen LogP contribution in [0.3, 0.4) is 0 Å². The van der Waals surface area contributed by atoms with Crippen molar-refractivity contribution < 1.29 is 9.84 Å². The number of aliphatic hydroxyl groups is 1. The maximum atomic E-state index is 8.98. The predicted molar refractivity (Wildman–Crippen MR) is 132 cm³/mol. The number of imidazole rings is 1. The van der Waals surface area contributed by atoms with Gasteiger partial charge in [0, 0.05) is 18.0 Å². The standard InChI is InChI=1S/C26H30N6O2/c27-25-24-23(19-10-12-22(13-11-19)34-21-4-2-1-3-5-21)31-26(32(24)30-17-29-25)20-8-6-18(7-9-20)16-28-14-15-33/h1-5,10-13,17-18,20,28,33H,6-9,14-16H2,(H2,27,29,30). The lowest BCUT2D eigenvalue weighted by atomic mass is 9.81. The Kier molecular flexibility index (Phi) is 6.69. The van der Waals surface area contributed by atoms with Crippen LogP contribution in [0.2, 0.25) is 0 Å². The number of benzene rings is 2. The summed E-state index contributed by atoms with van der Waals surface area (Å²) in [5.74, 6) is 3.89. The number of nitrogen functional groups attached to an aromatic ring is 1. The minimum atomic E-state index is 0.179. The van der Waals surface area contributed by atoms with E-state index in [0.717, 1.165) is 66.3 Å². The van der Waals surface area contributed by atoms with E-state index < -0.39 is 0 Å². The van der Waals surface area contributed by atoms with Crippen molar-refractivity contribution in [2.24, 2.45) is 5.92 Å². The second kappa shape index (κ2) is 10.2. The van der Waals surface area contributed by atoms with Crippen molar-refractivity contribution in [1.29, 1.82) is 0 Å². The van der Waals surface area contributed by atoms with Gasteiger partial charge >= 0.3 is 0 Å². The number of para-hydroxylation sites is 1. The summed E-state index contributed by atoms with van der Waals surface area (Å²) in [4.78, 5) is 9.28. The van der Waals surface area contributed by atoms with Crippen molar-refractivity contribution >= 4 is 11.3 Å². The maximum Gasteiger partial charge on any atom is 0.153 e. The largest absolute Gasteiger partial charge is 0.457 e. The van der Waals surface area contributed by atoms with Crippen molar-refractivity contribution in [3.8, 4) is 22.8 Å². The molecule has 0 aliphatic heterocycles. The number of hydrogen-bond donors (Lipinski definition) is 3. The van der Waals surface area contributed by atoms with Crippen molar-refractivity contribution in [2.45, 2.75) is 31.6 Å². The Bertz CT molecular complexity index is 1220. The van der Waals surface area contributed by atoms with E-state index in [-0.39, 0.29) is 6.61 Å². The lowest BCUT2D eigenvalue weighted by molar-refractivity contribution is 0.270. The lowest BCUT2D eigenvalue weighted by Crippen LogP contribution is -2.28. The van der Waals surface area contributed by atoms with Gasteiger partial charge in [-0.15, -0.1) is 0 Å². The average Bonchev–Trinajstić information content (AvgIpc) is 3.27. The third-order valence-corrected chi connectivity index (χ3v) is 6.53. The molecule has 4 aromatic rings. The molecule has 2 aromatic carbocycles. The van der Waals surface area contributed by atoms with Crippen LogP contribution in [0.25, 0.3) is 16.8 Å². The summed E-state index contributed by atoms with van der Waals surface area (Å²) >= 11 is 0. The van der Waals surface area contributed by atoms with Gasteiger partial charge in [-0.2, -0.15) is 5.10 Å². The minimum Gasteiger partial charge on any atom is -0.457 e. The zero-order chi connectivity index (χ0) is 23.3. The van der Waals surface area contributed by atoms with Crippen LogP contribution >= 0.6 is 0 Å². The molecule has 5 rings (SSSR count). The number of aromatic nitrogens is 4. The number of nitrogens with zero attached hydrogens (tertiary/aromatic N) is 4. The fraction of sp³-hybridized carbons (Fsp3) is 0.346. The summed E-state index contributed by atoms with van der Waals surface area (Å²) < 4.78 is 7.81. The zero-order valence-corrected chi connectivity index (χ0v) is 19.1. The maximum absolute atomic E-state index is 8.98. The van der Waals surface area contributed by atoms with Crippen molar-refractivity contribution in [3.05, 3.63) is 66.7 Å². The van der Waals surface area contributed by atoms with Gasteiger partial charge in [0.15, 0.2) is 5.82 Å². The van der Waals surface area contributed by atoms with E-state index >= 15 is 0 Å². The highest BCUT2D eigenvalue weighted by atomic mass is 16.5. The normalized spacial score (nSPS) is 18.3. The molecule has 2 aromatic heterocycles. The van der Waals surface area contributed by atoms with Crippen LogP contribution in [0, 0.1) is 5.92 Å². The molecule has 8 heteroatoms. The van der Waals surface area contributed by atoms with Crippen LogP contribution in [-0.2, 0) is 0 Å². The van der Waals surface area contributed by atoms with Gasteiger partial charge < -0.3 is 20.9 Å². The first-order valence-electron chi connectivity index (χ1n) is 11.9. The Morgan fingerprint density at radius 3 is 2.47 bits per heavy atom. The van der Waals surface area contributed by atoms with Gasteiger partial charge in [0.2, 0.25) is 0 Å². The molecule has 1 fully saturated rings. The number of ether oxygens (including phenoxy) is 1. The highest BCUT2D eigenvalue weighted by molar-refractivity contribution is 5.85. The van der Waals surface area contributed by atoms with Crippen LogP contribution in [0.15, 0.2) is 60.9 Å². The number of hydrogen-bond acceptors (Lipinski definition) is 7. The highest BCUT2D eigenvalue weighted by Crippen LogP contribution is 2.38. The van der Waals surface area contributed by atoms with Crippen LogP contribution in [-0.4, -0.2) is 44.4 Å². The molecule has 8 nitrogen and oxygen atoms in total. The molecule has 34 heavy (non-hydrogen) atoms. The fourth-order valence-electron chi connectivity index (χ4n) is 4.76. The summed E-state index contributed by atoms with van der Waals surface area (Å²) in [5, 5.41) is 16.8. The van der Waals surface area contributed by atoms with Gasteiger partial charge in [0.25, 0.3) is 0 Å². The average molecular weight is 459 g/mol. The Morgan fingerprint density at radius 1 is 1.00 bits per heavy atom. The van der Waals surface area contributed by atoms with Crippen LogP contribution < -0.4 is 15.8 Å². The van der Waals surface area contributed by atoms with E-state index in [1.807, 2.05) is 59.1 Å². The van der Waals surface area contributed by atoms with Gasteiger partial charge in [0.1, 0.15) is 34.9 Å². The molecule has 4 N–H and O–H groups in total. The summed E-state index contributed by atoms with van der Waals surface area (Å²) in [6.45, 7) is 1.78. The SMILES string of the molecule is Nc1ncnn2c(C3CCC(CNCCO)CC3)nc(-c3ccc(Oc4ccccc4)cc3)c12. The molecule has 0 radical (unpaired) electrons. The third kappa shape index (κ3) is 4.73. The first kappa shape index (κ1) is 22.3. The van der Waals surface area contributed by atoms with Gasteiger partial charge in [-0.1, -0.05) is 18.2 Å². The Balaban J connectivity index is 1.39. The van der Waals surface area contributed by atoms with Crippen LogP contribution in [0.4, 0.5) is 5.82 Å². The third-order valence-electron chi connectivity index (χ3n) is 6.53. The number of anilines is 1. The van der Waals surface area contributed by atoms with Gasteiger partial charge in [-0.25, -0.2) is 14.5 Å². The summed E-state index contributed by atoms with van der Waals surface area (Å²) in [7, 11) is 0. The van der Waals surface area contributed by atoms with Crippen LogP contribution in [0.5, 0.6) is 11.5 Å². The first-order chi connectivity index (χ1) is 16.7. The van der Waals surface area contributed by atoms with Gasteiger partial charge in [0.05, 0.1) is 6.61 Å². The van der Waals surface area contributed by atoms with Crippen molar-refractivity contribution in [1.82, 2.24) is 24.9 Å². The smallest absolute Gasteiger partial charge is 0.153 e. The number of aliphatic hydroxyl groups excluding tert-OH is 1. The summed E-state index contributed by atoms with van der Waals surface area (Å²) in [6.07, 6.45) is 5.85. The lowest BCUT2D eigenvalue weighted by Gasteiger charge is -2.27. The molecule has 176 valence electrons. The van der Waals surface area contributed by atoms with E-state index in [0.29, 0.717) is 24.2 Å². The fourth-order valence-corrected chi connectivity index (χ4v) is 4.76. The first-order valence-corrected chi connectivity index (χ1v) is 11.9. The van der Waals surface area contributed by atoms with E-state index in [2.05, 4.69) is 15.4 Å². The molecular formula is C26H30N6O2. The van der Waals surface area contributed by atoms with Crippen molar-refractivity contribution in [3.63, 3.8) is 0 Å². The van der Waals surface area contributed by atoms with E-state index in [9.17, 15) is 0 Å². The summed E-state index contributed by atoms with van der Waals surface area (Å²) in [5.41, 5.74) is 8.79. The number of rotatable bonds is 8. The molecule has 2 heterocycles. The topological polar surface area (TPSA) is 111 Å². The Labute approximate surface area is 198 Å². The van der Waals surface area contributed by atoms with E-state index in [1.165, 1.54) is 6.33 Å². The monoisotopic (exact) mass is 458 g/mol. The molecule has 1 saturated carbocycles. The second-order valence-electron chi connectivity index (χ2n) is 8.81. The molecule has 1 aliphatic carbocycles. The molecule has 0 spiro atoms. The molecule has 0 amide bonds. The Morgan fingerprint density at radius 2 is 1.74 bits per heavy atom. The second-order valence-corrected chi connectivity index (χ2v) is 8.81. The van der Waals surface area contributed by atoms with Crippen LogP contribution in [0.1, 0.15) is 37.4 Å². The molecule has 0 atom stereocenters. The molecule has 0 saturated heterocycles. The van der Waals surface area contributed by atoms with E-state index in [4.69, 9.17) is 20.6 Å². The molecule has 1 aliphatic rings. The van der Waals surface area contributed by atoms with Gasteiger partial charge in [-0.3, -0.25) is 0 Å².